The highest BCUT2D eigenvalue weighted by Gasteiger charge is 2.14. The SMILES string of the molecule is CC.COc1ccc(-c2ncccc2OCc2ccccc2)c(CO)n1. The van der Waals surface area contributed by atoms with E-state index in [0.717, 1.165) is 11.1 Å². The minimum absolute atomic E-state index is 0.207. The largest absolute Gasteiger partial charge is 0.487 e. The minimum atomic E-state index is -0.207. The lowest BCUT2D eigenvalue weighted by molar-refractivity contribution is 0.274. The zero-order chi connectivity index (χ0) is 18.8. The van der Waals surface area contributed by atoms with Crippen molar-refractivity contribution >= 4 is 0 Å². The van der Waals surface area contributed by atoms with Crippen LogP contribution in [0.5, 0.6) is 11.6 Å². The molecule has 5 heteroatoms. The highest BCUT2D eigenvalue weighted by Crippen LogP contribution is 2.31. The Morgan fingerprint density at radius 2 is 1.73 bits per heavy atom. The number of methoxy groups -OCH3 is 1. The molecule has 0 atom stereocenters. The lowest BCUT2D eigenvalue weighted by Gasteiger charge is -2.13. The Bertz CT molecular complexity index is 807. The maximum Gasteiger partial charge on any atom is 0.213 e. The van der Waals surface area contributed by atoms with E-state index >= 15 is 0 Å². The second-order valence-electron chi connectivity index (χ2n) is 5.13. The average Bonchev–Trinajstić information content (AvgIpc) is 2.74. The highest BCUT2D eigenvalue weighted by atomic mass is 16.5. The van der Waals surface area contributed by atoms with Crippen LogP contribution in [0.3, 0.4) is 0 Å². The van der Waals surface area contributed by atoms with Crippen LogP contribution < -0.4 is 9.47 Å². The van der Waals surface area contributed by atoms with Crippen LogP contribution in [0.25, 0.3) is 11.3 Å². The molecule has 0 unspecified atom stereocenters. The van der Waals surface area contributed by atoms with Gasteiger partial charge in [-0.1, -0.05) is 44.2 Å². The highest BCUT2D eigenvalue weighted by molar-refractivity contribution is 5.68. The minimum Gasteiger partial charge on any atom is -0.487 e. The Kier molecular flexibility index (Phi) is 7.58. The molecule has 0 aliphatic rings. The van der Waals surface area contributed by atoms with Gasteiger partial charge in [-0.3, -0.25) is 4.98 Å². The Labute approximate surface area is 154 Å². The molecule has 3 aromatic rings. The van der Waals surface area contributed by atoms with Gasteiger partial charge < -0.3 is 14.6 Å². The van der Waals surface area contributed by atoms with Gasteiger partial charge in [-0.25, -0.2) is 4.98 Å². The predicted molar refractivity (Wildman–Crippen MR) is 102 cm³/mol. The Morgan fingerprint density at radius 3 is 2.42 bits per heavy atom. The first-order valence-electron chi connectivity index (χ1n) is 8.58. The first-order chi connectivity index (χ1) is 12.8. The van der Waals surface area contributed by atoms with E-state index in [1.165, 1.54) is 0 Å². The summed E-state index contributed by atoms with van der Waals surface area (Å²) in [6.45, 7) is 4.23. The van der Waals surface area contributed by atoms with Crippen molar-refractivity contribution in [2.45, 2.75) is 27.1 Å². The predicted octanol–water partition coefficient (Wildman–Crippen LogP) is 4.25. The van der Waals surface area contributed by atoms with E-state index in [1.807, 2.05) is 62.4 Å². The molecule has 5 nitrogen and oxygen atoms in total. The standard InChI is InChI=1S/C19H18N2O3.C2H6/c1-23-18-10-9-15(16(12-22)21-18)19-17(8-5-11-20-19)24-13-14-6-3-2-4-7-14;1-2/h2-11,22H,12-13H2,1H3;1-2H3. The van der Waals surface area contributed by atoms with Gasteiger partial charge in [0.05, 0.1) is 19.4 Å². The summed E-state index contributed by atoms with van der Waals surface area (Å²) >= 11 is 0. The van der Waals surface area contributed by atoms with E-state index in [-0.39, 0.29) is 6.61 Å². The van der Waals surface area contributed by atoms with Gasteiger partial charge in [0, 0.05) is 17.8 Å². The zero-order valence-corrected chi connectivity index (χ0v) is 15.3. The number of ether oxygens (including phenoxy) is 2. The molecule has 1 aromatic carbocycles. The number of aliphatic hydroxyl groups is 1. The molecular weight excluding hydrogens is 328 g/mol. The van der Waals surface area contributed by atoms with Gasteiger partial charge in [0.15, 0.2) is 0 Å². The number of benzene rings is 1. The summed E-state index contributed by atoms with van der Waals surface area (Å²) < 4.78 is 11.0. The van der Waals surface area contributed by atoms with Crippen molar-refractivity contribution in [3.05, 3.63) is 72.1 Å². The lowest BCUT2D eigenvalue weighted by Crippen LogP contribution is -2.01. The summed E-state index contributed by atoms with van der Waals surface area (Å²) in [6, 6.07) is 17.2. The Morgan fingerprint density at radius 1 is 0.962 bits per heavy atom. The zero-order valence-electron chi connectivity index (χ0n) is 15.3. The van der Waals surface area contributed by atoms with Gasteiger partial charge >= 0.3 is 0 Å². The monoisotopic (exact) mass is 352 g/mol. The summed E-state index contributed by atoms with van der Waals surface area (Å²) in [6.07, 6.45) is 1.69. The van der Waals surface area contributed by atoms with Crippen LogP contribution in [0, 0.1) is 0 Å². The Balaban J connectivity index is 0.00000117. The van der Waals surface area contributed by atoms with Gasteiger partial charge in [0.25, 0.3) is 0 Å². The third kappa shape index (κ3) is 4.80. The van der Waals surface area contributed by atoms with Gasteiger partial charge in [-0.2, -0.15) is 0 Å². The number of nitrogens with zero attached hydrogens (tertiary/aromatic N) is 2. The summed E-state index contributed by atoms with van der Waals surface area (Å²) in [5.41, 5.74) is 2.94. The van der Waals surface area contributed by atoms with Gasteiger partial charge in [-0.05, 0) is 23.8 Å². The molecule has 0 spiro atoms. The normalized spacial score (nSPS) is 9.85. The number of aromatic nitrogens is 2. The summed E-state index contributed by atoms with van der Waals surface area (Å²) in [5, 5.41) is 9.61. The molecule has 26 heavy (non-hydrogen) atoms. The smallest absolute Gasteiger partial charge is 0.213 e. The van der Waals surface area contributed by atoms with Crippen molar-refractivity contribution < 1.29 is 14.6 Å². The van der Waals surface area contributed by atoms with E-state index in [2.05, 4.69) is 9.97 Å². The average molecular weight is 352 g/mol. The maximum atomic E-state index is 9.61. The van der Waals surface area contributed by atoms with E-state index in [9.17, 15) is 5.11 Å². The van der Waals surface area contributed by atoms with Crippen molar-refractivity contribution in [1.82, 2.24) is 9.97 Å². The van der Waals surface area contributed by atoms with Crippen LogP contribution >= 0.6 is 0 Å². The summed E-state index contributed by atoms with van der Waals surface area (Å²) in [7, 11) is 1.54. The molecule has 0 saturated carbocycles. The second-order valence-corrected chi connectivity index (χ2v) is 5.13. The first-order valence-corrected chi connectivity index (χ1v) is 8.58. The van der Waals surface area contributed by atoms with Crippen molar-refractivity contribution in [3.8, 4) is 22.9 Å². The van der Waals surface area contributed by atoms with Crippen LogP contribution in [-0.2, 0) is 13.2 Å². The topological polar surface area (TPSA) is 64.5 Å². The summed E-state index contributed by atoms with van der Waals surface area (Å²) in [4.78, 5) is 8.69. The fourth-order valence-corrected chi connectivity index (χ4v) is 2.38. The number of hydrogen-bond acceptors (Lipinski definition) is 5. The van der Waals surface area contributed by atoms with E-state index < -0.39 is 0 Å². The number of aliphatic hydroxyl groups excluding tert-OH is 1. The van der Waals surface area contributed by atoms with Gasteiger partial charge in [0.1, 0.15) is 18.1 Å². The molecule has 0 bridgehead atoms. The van der Waals surface area contributed by atoms with Crippen molar-refractivity contribution in [1.29, 1.82) is 0 Å². The number of hydrogen-bond donors (Lipinski definition) is 1. The molecule has 0 radical (unpaired) electrons. The fourth-order valence-electron chi connectivity index (χ4n) is 2.38. The molecule has 0 amide bonds. The number of rotatable bonds is 6. The number of pyridine rings is 2. The van der Waals surface area contributed by atoms with Gasteiger partial charge in [-0.15, -0.1) is 0 Å². The molecule has 136 valence electrons. The summed E-state index contributed by atoms with van der Waals surface area (Å²) in [5.74, 6) is 1.09. The van der Waals surface area contributed by atoms with Crippen molar-refractivity contribution in [3.63, 3.8) is 0 Å². The van der Waals surface area contributed by atoms with Crippen LogP contribution in [0.4, 0.5) is 0 Å². The first kappa shape index (κ1) is 19.4. The molecule has 2 aromatic heterocycles. The molecule has 1 N–H and O–H groups in total. The maximum absolute atomic E-state index is 9.61. The third-order valence-corrected chi connectivity index (χ3v) is 3.57. The van der Waals surface area contributed by atoms with E-state index in [1.54, 1.807) is 19.4 Å². The molecule has 0 saturated heterocycles. The molecular formula is C21H24N2O3. The second kappa shape index (κ2) is 10.2. The third-order valence-electron chi connectivity index (χ3n) is 3.57. The van der Waals surface area contributed by atoms with Crippen LogP contribution in [0.15, 0.2) is 60.8 Å². The fraction of sp³-hybridized carbons (Fsp3) is 0.238. The Hall–Kier alpha value is -2.92. The molecule has 0 aliphatic heterocycles. The van der Waals surface area contributed by atoms with Crippen molar-refractivity contribution in [2.75, 3.05) is 7.11 Å². The molecule has 0 aliphatic carbocycles. The quantitative estimate of drug-likeness (QED) is 0.718. The van der Waals surface area contributed by atoms with Crippen LogP contribution in [-0.4, -0.2) is 22.2 Å². The van der Waals surface area contributed by atoms with E-state index in [4.69, 9.17) is 9.47 Å². The molecule has 0 fully saturated rings. The van der Waals surface area contributed by atoms with Crippen LogP contribution in [0.2, 0.25) is 0 Å². The van der Waals surface area contributed by atoms with E-state index in [0.29, 0.717) is 29.6 Å². The molecule has 2 heterocycles. The molecule has 3 rings (SSSR count). The lowest BCUT2D eigenvalue weighted by atomic mass is 10.1. The van der Waals surface area contributed by atoms with Crippen LogP contribution in [0.1, 0.15) is 25.1 Å². The van der Waals surface area contributed by atoms with Crippen molar-refractivity contribution in [2.24, 2.45) is 0 Å². The van der Waals surface area contributed by atoms with Gasteiger partial charge in [0.2, 0.25) is 5.88 Å².